The second-order valence-corrected chi connectivity index (χ2v) is 4.01. The summed E-state index contributed by atoms with van der Waals surface area (Å²) in [5, 5.41) is 3.94. The third-order valence-electron chi connectivity index (χ3n) is 2.35. The maximum absolute atomic E-state index is 12.8. The van der Waals surface area contributed by atoms with Crippen molar-refractivity contribution in [1.29, 1.82) is 0 Å². The Balaban J connectivity index is 3.11. The number of alkyl halides is 3. The number of aryl methyl sites for hydroxylation is 1. The van der Waals surface area contributed by atoms with Gasteiger partial charge in [-0.05, 0) is 13.3 Å². The van der Waals surface area contributed by atoms with E-state index in [0.717, 1.165) is 10.9 Å². The highest BCUT2D eigenvalue weighted by Crippen LogP contribution is 2.34. The van der Waals surface area contributed by atoms with E-state index < -0.39 is 18.3 Å². The van der Waals surface area contributed by atoms with Gasteiger partial charge in [0.1, 0.15) is 0 Å². The molecule has 1 rings (SSSR count). The zero-order chi connectivity index (χ0) is 12.5. The molecule has 1 aromatic rings. The molecule has 3 nitrogen and oxygen atoms in total. The van der Waals surface area contributed by atoms with Crippen LogP contribution in [-0.4, -0.2) is 22.0 Å². The van der Waals surface area contributed by atoms with Crippen LogP contribution in [-0.2, 0) is 0 Å². The first-order chi connectivity index (χ1) is 7.27. The van der Waals surface area contributed by atoms with Gasteiger partial charge >= 0.3 is 6.18 Å². The van der Waals surface area contributed by atoms with E-state index in [4.69, 9.17) is 17.3 Å². The van der Waals surface area contributed by atoms with Crippen LogP contribution >= 0.6 is 11.6 Å². The second kappa shape index (κ2) is 4.63. The average Bonchev–Trinajstić information content (AvgIpc) is 2.44. The fraction of sp³-hybridized carbons (Fsp3) is 0.667. The predicted molar refractivity (Wildman–Crippen MR) is 55.3 cm³/mol. The Labute approximate surface area is 96.4 Å². The zero-order valence-electron chi connectivity index (χ0n) is 8.92. The van der Waals surface area contributed by atoms with Crippen LogP contribution < -0.4 is 5.73 Å². The third kappa shape index (κ3) is 2.68. The first-order valence-corrected chi connectivity index (χ1v) is 5.18. The third-order valence-corrected chi connectivity index (χ3v) is 2.73. The molecule has 0 saturated heterocycles. The van der Waals surface area contributed by atoms with Crippen molar-refractivity contribution in [2.45, 2.75) is 38.5 Å². The van der Waals surface area contributed by atoms with Gasteiger partial charge in [-0.1, -0.05) is 18.5 Å². The van der Waals surface area contributed by atoms with Crippen molar-refractivity contribution in [3.05, 3.63) is 16.9 Å². The van der Waals surface area contributed by atoms with E-state index in [1.54, 1.807) is 13.8 Å². The highest BCUT2D eigenvalue weighted by atomic mass is 35.5. The van der Waals surface area contributed by atoms with Crippen LogP contribution in [0, 0.1) is 6.92 Å². The summed E-state index contributed by atoms with van der Waals surface area (Å²) in [5.74, 6) is 0. The first kappa shape index (κ1) is 13.3. The molecule has 2 N–H and O–H groups in total. The molecule has 0 aliphatic rings. The molecule has 7 heteroatoms. The lowest BCUT2D eigenvalue weighted by atomic mass is 10.1. The Kier molecular flexibility index (Phi) is 3.85. The van der Waals surface area contributed by atoms with Gasteiger partial charge in [0.2, 0.25) is 0 Å². The Morgan fingerprint density at radius 3 is 2.44 bits per heavy atom. The minimum Gasteiger partial charge on any atom is -0.326 e. The Bertz CT molecular complexity index is 342. The summed E-state index contributed by atoms with van der Waals surface area (Å²) in [7, 11) is 0. The van der Waals surface area contributed by atoms with E-state index in [1.165, 1.54) is 0 Å². The monoisotopic (exact) mass is 255 g/mol. The van der Waals surface area contributed by atoms with Crippen molar-refractivity contribution in [3.8, 4) is 0 Å². The van der Waals surface area contributed by atoms with Gasteiger partial charge in [0.05, 0.1) is 10.7 Å². The molecule has 16 heavy (non-hydrogen) atoms. The number of hydrogen-bond donors (Lipinski definition) is 1. The lowest BCUT2D eigenvalue weighted by Gasteiger charge is -2.25. The van der Waals surface area contributed by atoms with Crippen molar-refractivity contribution < 1.29 is 13.2 Å². The largest absolute Gasteiger partial charge is 0.412 e. The predicted octanol–water partition coefficient (Wildman–Crippen LogP) is 2.69. The standard InChI is InChI=1S/C9H13ClF3N3/c1-3-7(14)8(9(11,12)13)16-4-6(10)5(2)15-16/h4,7-8H,3,14H2,1-2H3. The molecule has 0 saturated carbocycles. The molecule has 0 aromatic carbocycles. The number of halogens is 4. The van der Waals surface area contributed by atoms with Gasteiger partial charge in [-0.25, -0.2) is 0 Å². The molecule has 1 aromatic heterocycles. The topological polar surface area (TPSA) is 43.8 Å². The van der Waals surface area contributed by atoms with Crippen LogP contribution in [0.15, 0.2) is 6.20 Å². The Hall–Kier alpha value is -0.750. The molecule has 0 fully saturated rings. The summed E-state index contributed by atoms with van der Waals surface area (Å²) < 4.78 is 39.2. The zero-order valence-corrected chi connectivity index (χ0v) is 9.68. The van der Waals surface area contributed by atoms with E-state index in [9.17, 15) is 13.2 Å². The Morgan fingerprint density at radius 2 is 2.12 bits per heavy atom. The molecule has 0 radical (unpaired) electrons. The summed E-state index contributed by atoms with van der Waals surface area (Å²) in [6, 6.07) is -2.86. The number of nitrogens with zero attached hydrogens (tertiary/aromatic N) is 2. The number of hydrogen-bond acceptors (Lipinski definition) is 2. The van der Waals surface area contributed by atoms with Gasteiger partial charge in [-0.3, -0.25) is 4.68 Å². The van der Waals surface area contributed by atoms with Crippen molar-refractivity contribution in [1.82, 2.24) is 9.78 Å². The summed E-state index contributed by atoms with van der Waals surface area (Å²) in [6.45, 7) is 3.14. The number of nitrogens with two attached hydrogens (primary N) is 1. The molecule has 0 aliphatic heterocycles. The van der Waals surface area contributed by atoms with Crippen molar-refractivity contribution in [2.75, 3.05) is 0 Å². The van der Waals surface area contributed by atoms with Crippen LogP contribution in [0.1, 0.15) is 25.1 Å². The molecular formula is C9H13ClF3N3. The molecule has 0 aliphatic carbocycles. The summed E-state index contributed by atoms with van der Waals surface area (Å²) >= 11 is 5.68. The van der Waals surface area contributed by atoms with E-state index in [-0.39, 0.29) is 11.4 Å². The van der Waals surface area contributed by atoms with Gasteiger partial charge < -0.3 is 5.73 Å². The minimum absolute atomic E-state index is 0.206. The second-order valence-electron chi connectivity index (χ2n) is 3.60. The van der Waals surface area contributed by atoms with E-state index in [1.807, 2.05) is 0 Å². The van der Waals surface area contributed by atoms with Crippen molar-refractivity contribution in [3.63, 3.8) is 0 Å². The van der Waals surface area contributed by atoms with Crippen LogP contribution in [0.5, 0.6) is 0 Å². The lowest BCUT2D eigenvalue weighted by molar-refractivity contribution is -0.175. The molecule has 2 unspecified atom stereocenters. The van der Waals surface area contributed by atoms with Gasteiger partial charge in [0.15, 0.2) is 6.04 Å². The van der Waals surface area contributed by atoms with Crippen LogP contribution in [0.25, 0.3) is 0 Å². The Morgan fingerprint density at radius 1 is 1.56 bits per heavy atom. The highest BCUT2D eigenvalue weighted by Gasteiger charge is 2.45. The van der Waals surface area contributed by atoms with Crippen LogP contribution in [0.2, 0.25) is 5.02 Å². The lowest BCUT2D eigenvalue weighted by Crippen LogP contribution is -2.41. The van der Waals surface area contributed by atoms with E-state index in [2.05, 4.69) is 5.10 Å². The fourth-order valence-corrected chi connectivity index (χ4v) is 1.55. The van der Waals surface area contributed by atoms with Crippen molar-refractivity contribution in [2.24, 2.45) is 5.73 Å². The average molecular weight is 256 g/mol. The van der Waals surface area contributed by atoms with Crippen LogP contribution in [0.3, 0.4) is 0 Å². The van der Waals surface area contributed by atoms with Gasteiger partial charge in [0.25, 0.3) is 0 Å². The van der Waals surface area contributed by atoms with Crippen molar-refractivity contribution >= 4 is 11.6 Å². The summed E-state index contributed by atoms with van der Waals surface area (Å²) in [5.41, 5.74) is 5.83. The quantitative estimate of drug-likeness (QED) is 0.902. The molecule has 0 spiro atoms. The van der Waals surface area contributed by atoms with Gasteiger partial charge in [0, 0.05) is 12.2 Å². The fourth-order valence-electron chi connectivity index (χ4n) is 1.41. The summed E-state index contributed by atoms with van der Waals surface area (Å²) in [6.07, 6.45) is -3.07. The highest BCUT2D eigenvalue weighted by molar-refractivity contribution is 6.31. The normalized spacial score (nSPS) is 16.2. The minimum atomic E-state index is -4.43. The smallest absolute Gasteiger partial charge is 0.326 e. The van der Waals surface area contributed by atoms with Gasteiger partial charge in [-0.2, -0.15) is 18.3 Å². The van der Waals surface area contributed by atoms with Crippen LogP contribution in [0.4, 0.5) is 13.2 Å². The van der Waals surface area contributed by atoms with E-state index >= 15 is 0 Å². The first-order valence-electron chi connectivity index (χ1n) is 4.81. The van der Waals surface area contributed by atoms with E-state index in [0.29, 0.717) is 5.69 Å². The molecular weight excluding hydrogens is 243 g/mol. The molecule has 2 atom stereocenters. The molecule has 92 valence electrons. The maximum Gasteiger partial charge on any atom is 0.412 e. The SMILES string of the molecule is CCC(N)C(n1cc(Cl)c(C)n1)C(F)(F)F. The number of rotatable bonds is 3. The molecule has 1 heterocycles. The molecule has 0 bridgehead atoms. The number of aromatic nitrogens is 2. The summed E-state index contributed by atoms with van der Waals surface area (Å²) in [4.78, 5) is 0. The molecule has 0 amide bonds. The van der Waals surface area contributed by atoms with Gasteiger partial charge in [-0.15, -0.1) is 0 Å². The maximum atomic E-state index is 12.8.